The fourth-order valence-electron chi connectivity index (χ4n) is 5.82. The molecule has 0 aliphatic carbocycles. The number of ether oxygens (including phenoxy) is 7. The van der Waals surface area contributed by atoms with Crippen molar-refractivity contribution >= 4 is 5.91 Å². The fraction of sp³-hybridized carbons (Fsp3) is 0.962. The average molecular weight is 708 g/mol. The number of nitrogens with one attached hydrogen (secondary N) is 1. The highest BCUT2D eigenvalue weighted by Gasteiger charge is 2.54. The van der Waals surface area contributed by atoms with Gasteiger partial charge < -0.3 is 105 Å². The van der Waals surface area contributed by atoms with Crippen molar-refractivity contribution in [3.63, 3.8) is 0 Å². The minimum Gasteiger partial charge on any atom is -0.394 e. The van der Waals surface area contributed by atoms with Crippen LogP contribution in [-0.4, -0.2) is 221 Å². The summed E-state index contributed by atoms with van der Waals surface area (Å²) in [5.74, 6) is -0.710. The van der Waals surface area contributed by atoms with Gasteiger partial charge in [-0.1, -0.05) is 0 Å². The second-order valence-electron chi connectivity index (χ2n) is 11.9. The Bertz CT molecular complexity index is 1030. The maximum atomic E-state index is 11.9. The summed E-state index contributed by atoms with van der Waals surface area (Å²) >= 11 is 0. The van der Waals surface area contributed by atoms with Gasteiger partial charge in [-0.25, -0.2) is 0 Å². The van der Waals surface area contributed by atoms with E-state index in [2.05, 4.69) is 5.32 Å². The Labute approximate surface area is 272 Å². The van der Waals surface area contributed by atoms with Gasteiger partial charge >= 0.3 is 0 Å². The SMILES string of the molecule is CC(=O)N[C@@H]1[C@@H](O[C@@H]2O[C@H](CO)[C@H](O)[C@H](O)[C@H]2O)[C@H](O)[C@@H](CO[C@@H]2O[C@H](CO)[C@H](O)[C@H](O)[C@H]2O[C@@H]2O[C@H](CO)[C@H](O)[C@H](O)[C@H]2O)O[C@@H]1O. The van der Waals surface area contributed by atoms with E-state index >= 15 is 0 Å². The minimum atomic E-state index is -1.94. The summed E-state index contributed by atoms with van der Waals surface area (Å²) < 4.78 is 38.5. The third kappa shape index (κ3) is 8.24. The number of hydrogen-bond donors (Lipinski definition) is 14. The molecule has 4 fully saturated rings. The van der Waals surface area contributed by atoms with Crippen LogP contribution in [0.3, 0.4) is 0 Å². The highest BCUT2D eigenvalue weighted by atomic mass is 16.8. The average Bonchev–Trinajstić information content (AvgIpc) is 3.06. The van der Waals surface area contributed by atoms with E-state index in [0.29, 0.717) is 0 Å². The van der Waals surface area contributed by atoms with Crippen molar-refractivity contribution in [2.75, 3.05) is 26.4 Å². The van der Waals surface area contributed by atoms with Crippen LogP contribution in [0.2, 0.25) is 0 Å². The zero-order valence-corrected chi connectivity index (χ0v) is 25.5. The summed E-state index contributed by atoms with van der Waals surface area (Å²) in [6, 6.07) is -1.52. The lowest BCUT2D eigenvalue weighted by atomic mass is 9.95. The molecule has 0 aromatic rings. The summed E-state index contributed by atoms with van der Waals surface area (Å²) in [5.41, 5.74) is 0. The van der Waals surface area contributed by atoms with Crippen LogP contribution in [0.4, 0.5) is 0 Å². The molecule has 4 rings (SSSR count). The Balaban J connectivity index is 1.53. The highest BCUT2D eigenvalue weighted by molar-refractivity contribution is 5.73. The smallest absolute Gasteiger partial charge is 0.217 e. The molecule has 280 valence electrons. The molecule has 0 bridgehead atoms. The van der Waals surface area contributed by atoms with E-state index in [1.165, 1.54) is 0 Å². The largest absolute Gasteiger partial charge is 0.394 e. The van der Waals surface area contributed by atoms with Crippen molar-refractivity contribution < 1.29 is 104 Å². The predicted molar refractivity (Wildman–Crippen MR) is 145 cm³/mol. The van der Waals surface area contributed by atoms with Gasteiger partial charge in [-0.3, -0.25) is 4.79 Å². The van der Waals surface area contributed by atoms with E-state index < -0.39 is 155 Å². The van der Waals surface area contributed by atoms with Crippen LogP contribution in [-0.2, 0) is 38.0 Å². The van der Waals surface area contributed by atoms with Gasteiger partial charge in [0.05, 0.1) is 26.4 Å². The molecule has 0 aromatic carbocycles. The summed E-state index contributed by atoms with van der Waals surface area (Å²) in [6.07, 6.45) is -33.3. The summed E-state index contributed by atoms with van der Waals surface area (Å²) in [4.78, 5) is 11.9. The maximum Gasteiger partial charge on any atom is 0.217 e. The van der Waals surface area contributed by atoms with Gasteiger partial charge in [0.2, 0.25) is 5.91 Å². The van der Waals surface area contributed by atoms with Crippen LogP contribution >= 0.6 is 0 Å². The first kappa shape index (κ1) is 39.5. The van der Waals surface area contributed by atoms with Crippen LogP contribution < -0.4 is 5.32 Å². The van der Waals surface area contributed by atoms with Gasteiger partial charge in [0.1, 0.15) is 97.6 Å². The lowest BCUT2D eigenvalue weighted by Gasteiger charge is -2.48. The first-order valence-electron chi connectivity index (χ1n) is 15.1. The first-order chi connectivity index (χ1) is 22.6. The molecular weight excluding hydrogens is 662 g/mol. The van der Waals surface area contributed by atoms with E-state index in [-0.39, 0.29) is 0 Å². The van der Waals surface area contributed by atoms with E-state index in [1.807, 2.05) is 0 Å². The molecule has 20 atom stereocenters. The summed E-state index contributed by atoms with van der Waals surface area (Å²) in [6.45, 7) is -2.13. The molecule has 22 nitrogen and oxygen atoms in total. The Morgan fingerprint density at radius 1 is 0.542 bits per heavy atom. The molecule has 0 unspecified atom stereocenters. The van der Waals surface area contributed by atoms with Gasteiger partial charge in [0.25, 0.3) is 0 Å². The van der Waals surface area contributed by atoms with Gasteiger partial charge in [0, 0.05) is 6.92 Å². The Kier molecular flexibility index (Phi) is 13.8. The van der Waals surface area contributed by atoms with Crippen molar-refractivity contribution in [2.45, 2.75) is 130 Å². The van der Waals surface area contributed by atoms with E-state index in [9.17, 15) is 71.2 Å². The monoisotopic (exact) mass is 707 g/mol. The molecule has 4 heterocycles. The topological polar surface area (TPSA) is 357 Å². The molecule has 4 aliphatic heterocycles. The number of aliphatic hydroxyl groups excluding tert-OH is 13. The van der Waals surface area contributed by atoms with Crippen molar-refractivity contribution in [3.05, 3.63) is 0 Å². The number of amides is 1. The van der Waals surface area contributed by atoms with E-state index in [0.717, 1.165) is 6.92 Å². The molecule has 0 saturated carbocycles. The molecule has 48 heavy (non-hydrogen) atoms. The van der Waals surface area contributed by atoms with Gasteiger partial charge in [0.15, 0.2) is 25.2 Å². The molecule has 14 N–H and O–H groups in total. The van der Waals surface area contributed by atoms with Gasteiger partial charge in [-0.05, 0) is 0 Å². The zero-order valence-electron chi connectivity index (χ0n) is 25.5. The standard InChI is InChI=1S/C26H45NO21/c1-6(31)27-11-21(47-24-19(39)16(36)12(32)7(2-28)44-24)15(35)10(43-23(11)41)5-42-26-22(18(38)14(34)9(4-30)46-26)48-25-20(40)17(37)13(33)8(3-29)45-25/h7-26,28-30,32-41H,2-5H2,1H3,(H,27,31)/t7-,8-,9-,10-,11-,12+,13+,14+,15-,16+,17+,18+,19-,20-,21-,22-,23+,24+,25+,26-/m1/s1. The van der Waals surface area contributed by atoms with Crippen molar-refractivity contribution in [1.29, 1.82) is 0 Å². The van der Waals surface area contributed by atoms with Crippen LogP contribution in [0.25, 0.3) is 0 Å². The number of carbonyl (C=O) groups excluding carboxylic acids is 1. The number of aliphatic hydroxyl groups is 13. The van der Waals surface area contributed by atoms with Crippen molar-refractivity contribution in [1.82, 2.24) is 5.32 Å². The maximum absolute atomic E-state index is 11.9. The molecule has 0 spiro atoms. The lowest BCUT2D eigenvalue weighted by Crippen LogP contribution is -2.68. The molecule has 4 saturated heterocycles. The molecule has 4 aliphatic rings. The molecule has 0 radical (unpaired) electrons. The quantitative estimate of drug-likeness (QED) is 0.0947. The summed E-state index contributed by atoms with van der Waals surface area (Å²) in [5, 5.41) is 136. The van der Waals surface area contributed by atoms with E-state index in [1.54, 1.807) is 0 Å². The third-order valence-electron chi connectivity index (χ3n) is 8.59. The molecule has 1 amide bonds. The van der Waals surface area contributed by atoms with Crippen molar-refractivity contribution in [2.24, 2.45) is 0 Å². The second-order valence-corrected chi connectivity index (χ2v) is 11.9. The second kappa shape index (κ2) is 16.8. The Morgan fingerprint density at radius 3 is 1.44 bits per heavy atom. The van der Waals surface area contributed by atoms with Crippen LogP contribution in [0.15, 0.2) is 0 Å². The summed E-state index contributed by atoms with van der Waals surface area (Å²) in [7, 11) is 0. The first-order valence-corrected chi connectivity index (χ1v) is 15.1. The lowest BCUT2D eigenvalue weighted by molar-refractivity contribution is -0.373. The van der Waals surface area contributed by atoms with Crippen LogP contribution in [0, 0.1) is 0 Å². The Morgan fingerprint density at radius 2 is 0.979 bits per heavy atom. The molecule has 0 aromatic heterocycles. The number of hydrogen-bond acceptors (Lipinski definition) is 21. The van der Waals surface area contributed by atoms with E-state index in [4.69, 9.17) is 33.2 Å². The normalized spacial score (nSPS) is 50.2. The fourth-order valence-corrected chi connectivity index (χ4v) is 5.82. The van der Waals surface area contributed by atoms with Gasteiger partial charge in [-0.15, -0.1) is 0 Å². The number of rotatable bonds is 11. The zero-order chi connectivity index (χ0) is 35.6. The van der Waals surface area contributed by atoms with Crippen LogP contribution in [0.5, 0.6) is 0 Å². The predicted octanol–water partition coefficient (Wildman–Crippen LogP) is -9.61. The van der Waals surface area contributed by atoms with Crippen LogP contribution in [0.1, 0.15) is 6.92 Å². The molecular formula is C26H45NO21. The highest BCUT2D eigenvalue weighted by Crippen LogP contribution is 2.32. The molecule has 22 heteroatoms. The number of carbonyl (C=O) groups is 1. The minimum absolute atomic E-state index is 0.710. The third-order valence-corrected chi connectivity index (χ3v) is 8.59. The Hall–Kier alpha value is -1.33. The van der Waals surface area contributed by atoms with Gasteiger partial charge in [-0.2, -0.15) is 0 Å². The van der Waals surface area contributed by atoms with Crippen molar-refractivity contribution in [3.8, 4) is 0 Å².